The molecule has 0 radical (unpaired) electrons. The van der Waals surface area contributed by atoms with Crippen molar-refractivity contribution in [2.24, 2.45) is 0 Å². The molecule has 2 N–H and O–H groups in total. The predicted molar refractivity (Wildman–Crippen MR) is 75.3 cm³/mol. The molecule has 1 aromatic carbocycles. The van der Waals surface area contributed by atoms with Crippen LogP contribution >= 0.6 is 0 Å². The molecular weight excluding hydrogens is 258 g/mol. The van der Waals surface area contributed by atoms with E-state index in [1.807, 2.05) is 0 Å². The number of benzene rings is 1. The first kappa shape index (κ1) is 14.7. The van der Waals surface area contributed by atoms with Crippen LogP contribution in [-0.4, -0.2) is 31.3 Å². The Morgan fingerprint density at radius 1 is 1.30 bits per heavy atom. The van der Waals surface area contributed by atoms with Gasteiger partial charge in [-0.2, -0.15) is 0 Å². The molecule has 5 heteroatoms. The highest BCUT2D eigenvalue weighted by molar-refractivity contribution is 5.77. The van der Waals surface area contributed by atoms with Crippen LogP contribution in [0.4, 0.5) is 0 Å². The highest BCUT2D eigenvalue weighted by Gasteiger charge is 2.27. The minimum atomic E-state index is -0.889. The van der Waals surface area contributed by atoms with Crippen LogP contribution in [-0.2, 0) is 4.79 Å². The fraction of sp³-hybridized carbons (Fsp3) is 0.533. The lowest BCUT2D eigenvalue weighted by atomic mass is 10.0. The summed E-state index contributed by atoms with van der Waals surface area (Å²) in [6.45, 7) is 0. The third-order valence-corrected chi connectivity index (χ3v) is 3.76. The van der Waals surface area contributed by atoms with E-state index in [1.165, 1.54) is 7.11 Å². The maximum atomic E-state index is 11.6. The Labute approximate surface area is 118 Å². The van der Waals surface area contributed by atoms with Gasteiger partial charge >= 0.3 is 5.97 Å². The van der Waals surface area contributed by atoms with Crippen LogP contribution in [0.5, 0.6) is 11.5 Å². The molecule has 1 unspecified atom stereocenters. The lowest BCUT2D eigenvalue weighted by Crippen LogP contribution is -2.35. The van der Waals surface area contributed by atoms with Gasteiger partial charge in [0.25, 0.3) is 0 Å². The van der Waals surface area contributed by atoms with Gasteiger partial charge in [0.15, 0.2) is 0 Å². The molecule has 0 aromatic heterocycles. The third-order valence-electron chi connectivity index (χ3n) is 3.76. The van der Waals surface area contributed by atoms with Crippen LogP contribution in [0.2, 0.25) is 0 Å². The van der Waals surface area contributed by atoms with Gasteiger partial charge < -0.3 is 14.6 Å². The second-order valence-electron chi connectivity index (χ2n) is 5.03. The van der Waals surface area contributed by atoms with E-state index in [4.69, 9.17) is 9.47 Å². The minimum absolute atomic E-state index is 0.267. The SMILES string of the molecule is COc1ccc(C(NC2CCCC2)C(=O)O)c(OC)c1. The number of methoxy groups -OCH3 is 2. The standard InChI is InChI=1S/C15H21NO4/c1-19-11-7-8-12(13(9-11)20-2)14(15(17)18)16-10-5-3-4-6-10/h7-10,14,16H,3-6H2,1-2H3,(H,17,18). The molecule has 20 heavy (non-hydrogen) atoms. The molecule has 1 aliphatic rings. The summed E-state index contributed by atoms with van der Waals surface area (Å²) in [6.07, 6.45) is 4.37. The van der Waals surface area contributed by atoms with Crippen LogP contribution in [0, 0.1) is 0 Å². The van der Waals surface area contributed by atoms with Crippen molar-refractivity contribution in [2.75, 3.05) is 14.2 Å². The summed E-state index contributed by atoms with van der Waals surface area (Å²) in [5, 5.41) is 12.7. The smallest absolute Gasteiger partial charge is 0.325 e. The van der Waals surface area contributed by atoms with Gasteiger partial charge in [0.2, 0.25) is 0 Å². The monoisotopic (exact) mass is 279 g/mol. The predicted octanol–water partition coefficient (Wildman–Crippen LogP) is 2.36. The van der Waals surface area contributed by atoms with Gasteiger partial charge in [-0.1, -0.05) is 12.8 Å². The summed E-state index contributed by atoms with van der Waals surface area (Å²) < 4.78 is 10.4. The number of hydrogen-bond acceptors (Lipinski definition) is 4. The van der Waals surface area contributed by atoms with Crippen LogP contribution in [0.15, 0.2) is 18.2 Å². The van der Waals surface area contributed by atoms with Crippen LogP contribution in [0.3, 0.4) is 0 Å². The number of rotatable bonds is 6. The zero-order chi connectivity index (χ0) is 14.5. The minimum Gasteiger partial charge on any atom is -0.497 e. The summed E-state index contributed by atoms with van der Waals surface area (Å²) in [5.41, 5.74) is 0.632. The van der Waals surface area contributed by atoms with Gasteiger partial charge in [-0.25, -0.2) is 0 Å². The van der Waals surface area contributed by atoms with Gasteiger partial charge in [-0.3, -0.25) is 10.1 Å². The van der Waals surface area contributed by atoms with E-state index in [0.29, 0.717) is 17.1 Å². The Morgan fingerprint density at radius 3 is 2.55 bits per heavy atom. The first-order valence-electron chi connectivity index (χ1n) is 6.86. The number of carbonyl (C=O) groups is 1. The topological polar surface area (TPSA) is 67.8 Å². The summed E-state index contributed by atoms with van der Waals surface area (Å²) in [6, 6.07) is 4.73. The van der Waals surface area contributed by atoms with Gasteiger partial charge in [0, 0.05) is 17.7 Å². The summed E-state index contributed by atoms with van der Waals surface area (Å²) >= 11 is 0. The van der Waals surface area contributed by atoms with Gasteiger partial charge in [0.05, 0.1) is 14.2 Å². The number of nitrogens with one attached hydrogen (secondary N) is 1. The van der Waals surface area contributed by atoms with Gasteiger partial charge in [-0.15, -0.1) is 0 Å². The van der Waals surface area contributed by atoms with Crippen molar-refractivity contribution >= 4 is 5.97 Å². The first-order valence-corrected chi connectivity index (χ1v) is 6.86. The number of ether oxygens (including phenoxy) is 2. The number of carboxylic acids is 1. The maximum absolute atomic E-state index is 11.6. The quantitative estimate of drug-likeness (QED) is 0.836. The fourth-order valence-electron chi connectivity index (χ4n) is 2.68. The fourth-order valence-corrected chi connectivity index (χ4v) is 2.68. The van der Waals surface area contributed by atoms with E-state index in [0.717, 1.165) is 25.7 Å². The van der Waals surface area contributed by atoms with E-state index in [2.05, 4.69) is 5.32 Å². The number of aliphatic carboxylic acids is 1. The molecule has 1 fully saturated rings. The van der Waals surface area contributed by atoms with Crippen molar-refractivity contribution < 1.29 is 19.4 Å². The number of hydrogen-bond donors (Lipinski definition) is 2. The zero-order valence-electron chi connectivity index (χ0n) is 11.9. The molecule has 1 saturated carbocycles. The molecule has 0 spiro atoms. The average molecular weight is 279 g/mol. The maximum Gasteiger partial charge on any atom is 0.325 e. The van der Waals surface area contributed by atoms with Gasteiger partial charge in [0.1, 0.15) is 17.5 Å². The second kappa shape index (κ2) is 6.61. The van der Waals surface area contributed by atoms with E-state index in [-0.39, 0.29) is 6.04 Å². The third kappa shape index (κ3) is 3.22. The Morgan fingerprint density at radius 2 is 2.00 bits per heavy atom. The van der Waals surface area contributed by atoms with E-state index < -0.39 is 12.0 Å². The zero-order valence-corrected chi connectivity index (χ0v) is 11.9. The second-order valence-corrected chi connectivity index (χ2v) is 5.03. The van der Waals surface area contributed by atoms with E-state index >= 15 is 0 Å². The van der Waals surface area contributed by atoms with Crippen molar-refractivity contribution in [3.63, 3.8) is 0 Å². The molecular formula is C15H21NO4. The van der Waals surface area contributed by atoms with Gasteiger partial charge in [-0.05, 0) is 25.0 Å². The largest absolute Gasteiger partial charge is 0.497 e. The van der Waals surface area contributed by atoms with Crippen molar-refractivity contribution in [3.8, 4) is 11.5 Å². The molecule has 0 saturated heterocycles. The molecule has 0 heterocycles. The normalized spacial score (nSPS) is 16.9. The molecule has 0 amide bonds. The van der Waals surface area contributed by atoms with Crippen LogP contribution in [0.25, 0.3) is 0 Å². The Bertz CT molecular complexity index is 469. The molecule has 0 bridgehead atoms. The molecule has 2 rings (SSSR count). The molecule has 1 aromatic rings. The molecule has 0 aliphatic heterocycles. The molecule has 110 valence electrons. The first-order chi connectivity index (χ1) is 9.65. The summed E-state index contributed by atoms with van der Waals surface area (Å²) in [7, 11) is 3.10. The lowest BCUT2D eigenvalue weighted by molar-refractivity contribution is -0.140. The van der Waals surface area contributed by atoms with E-state index in [1.54, 1.807) is 25.3 Å². The summed E-state index contributed by atoms with van der Waals surface area (Å²) in [5.74, 6) is 0.290. The Hall–Kier alpha value is -1.75. The van der Waals surface area contributed by atoms with Crippen LogP contribution in [0.1, 0.15) is 37.3 Å². The highest BCUT2D eigenvalue weighted by Crippen LogP contribution is 2.31. The number of carboxylic acid groups (broad SMARTS) is 1. The molecule has 5 nitrogen and oxygen atoms in total. The molecule has 1 atom stereocenters. The summed E-state index contributed by atoms with van der Waals surface area (Å²) in [4.78, 5) is 11.6. The van der Waals surface area contributed by atoms with Crippen molar-refractivity contribution in [2.45, 2.75) is 37.8 Å². The average Bonchev–Trinajstić information content (AvgIpc) is 2.97. The highest BCUT2D eigenvalue weighted by atomic mass is 16.5. The Kier molecular flexibility index (Phi) is 4.84. The van der Waals surface area contributed by atoms with Crippen LogP contribution < -0.4 is 14.8 Å². The Balaban J connectivity index is 2.25. The lowest BCUT2D eigenvalue weighted by Gasteiger charge is -2.21. The van der Waals surface area contributed by atoms with Crippen molar-refractivity contribution in [3.05, 3.63) is 23.8 Å². The van der Waals surface area contributed by atoms with Crippen molar-refractivity contribution in [1.29, 1.82) is 0 Å². The molecule has 1 aliphatic carbocycles. The van der Waals surface area contributed by atoms with Crippen molar-refractivity contribution in [1.82, 2.24) is 5.32 Å². The van der Waals surface area contributed by atoms with E-state index in [9.17, 15) is 9.90 Å².